The van der Waals surface area contributed by atoms with Gasteiger partial charge in [0.25, 0.3) is 0 Å². The van der Waals surface area contributed by atoms with Crippen molar-refractivity contribution < 1.29 is 9.59 Å². The Kier molecular flexibility index (Phi) is 5.93. The number of aryl methyl sites for hydroxylation is 2. The molecule has 2 atom stereocenters. The van der Waals surface area contributed by atoms with Crippen LogP contribution in [0.5, 0.6) is 0 Å². The van der Waals surface area contributed by atoms with E-state index in [1.54, 1.807) is 24.3 Å². The third-order valence-electron chi connectivity index (χ3n) is 4.23. The van der Waals surface area contributed by atoms with Gasteiger partial charge >= 0.3 is 0 Å². The first-order chi connectivity index (χ1) is 11.8. The Hall–Kier alpha value is -2.66. The maximum Gasteiger partial charge on any atom is 0.248 e. The Labute approximate surface area is 148 Å². The predicted molar refractivity (Wildman–Crippen MR) is 101 cm³/mol. The molecule has 0 spiro atoms. The second kappa shape index (κ2) is 7.94. The van der Waals surface area contributed by atoms with E-state index in [0.29, 0.717) is 11.3 Å². The van der Waals surface area contributed by atoms with Crippen molar-refractivity contribution in [3.63, 3.8) is 0 Å². The van der Waals surface area contributed by atoms with E-state index in [0.717, 1.165) is 0 Å². The molecule has 5 nitrogen and oxygen atoms in total. The number of nitrogens with two attached hydrogens (primary N) is 1. The largest absolute Gasteiger partial charge is 0.366 e. The molecule has 0 aliphatic rings. The monoisotopic (exact) mass is 339 g/mol. The third-order valence-corrected chi connectivity index (χ3v) is 4.23. The van der Waals surface area contributed by atoms with Crippen LogP contribution in [0.15, 0.2) is 42.5 Å². The highest BCUT2D eigenvalue weighted by Gasteiger charge is 2.17. The van der Waals surface area contributed by atoms with Crippen molar-refractivity contribution in [3.05, 3.63) is 64.7 Å². The molecule has 132 valence electrons. The number of carbonyl (C=O) groups excluding carboxylic acids is 2. The molecule has 2 aromatic rings. The maximum absolute atomic E-state index is 12.4. The number of rotatable bonds is 6. The van der Waals surface area contributed by atoms with Gasteiger partial charge in [0.1, 0.15) is 0 Å². The van der Waals surface area contributed by atoms with Gasteiger partial charge in [-0.25, -0.2) is 0 Å². The van der Waals surface area contributed by atoms with E-state index in [1.807, 2.05) is 13.8 Å². The zero-order valence-corrected chi connectivity index (χ0v) is 15.1. The van der Waals surface area contributed by atoms with Crippen LogP contribution < -0.4 is 16.4 Å². The predicted octanol–water partition coefficient (Wildman–Crippen LogP) is 3.08. The van der Waals surface area contributed by atoms with Crippen LogP contribution in [0.1, 0.15) is 46.9 Å². The standard InChI is InChI=1S/C20H25N3O2/c1-12-5-6-13(2)18(11-12)14(3)22-15(4)20(25)23-17-9-7-16(8-10-17)19(21)24/h5-11,14-15,22H,1-4H3,(H2,21,24)(H,23,25)/t14-,15+/m1/s1. The van der Waals surface area contributed by atoms with Crippen LogP contribution in [0.3, 0.4) is 0 Å². The lowest BCUT2D eigenvalue weighted by molar-refractivity contribution is -0.117. The lowest BCUT2D eigenvalue weighted by Gasteiger charge is -2.22. The fraction of sp³-hybridized carbons (Fsp3) is 0.300. The van der Waals surface area contributed by atoms with Gasteiger partial charge in [-0.15, -0.1) is 0 Å². The molecule has 0 bridgehead atoms. The van der Waals surface area contributed by atoms with Gasteiger partial charge in [0.2, 0.25) is 11.8 Å². The second-order valence-electron chi connectivity index (χ2n) is 6.40. The Morgan fingerprint density at radius 1 is 1.00 bits per heavy atom. The quantitative estimate of drug-likeness (QED) is 0.756. The van der Waals surface area contributed by atoms with E-state index < -0.39 is 5.91 Å². The minimum atomic E-state index is -0.490. The van der Waals surface area contributed by atoms with Crippen LogP contribution in [-0.2, 0) is 4.79 Å². The van der Waals surface area contributed by atoms with Crippen molar-refractivity contribution in [1.29, 1.82) is 0 Å². The average molecular weight is 339 g/mol. The Balaban J connectivity index is 1.99. The molecule has 0 saturated heterocycles. The first kappa shape index (κ1) is 18.7. The second-order valence-corrected chi connectivity index (χ2v) is 6.40. The van der Waals surface area contributed by atoms with Gasteiger partial charge in [-0.2, -0.15) is 0 Å². The Morgan fingerprint density at radius 3 is 2.24 bits per heavy atom. The van der Waals surface area contributed by atoms with Crippen LogP contribution in [0, 0.1) is 13.8 Å². The zero-order chi connectivity index (χ0) is 18.6. The molecular weight excluding hydrogens is 314 g/mol. The highest BCUT2D eigenvalue weighted by molar-refractivity contribution is 5.96. The van der Waals surface area contributed by atoms with Gasteiger partial charge < -0.3 is 11.1 Å². The van der Waals surface area contributed by atoms with Crippen molar-refractivity contribution >= 4 is 17.5 Å². The van der Waals surface area contributed by atoms with Gasteiger partial charge in [0.05, 0.1) is 6.04 Å². The minimum absolute atomic E-state index is 0.0536. The van der Waals surface area contributed by atoms with Gasteiger partial charge in [0.15, 0.2) is 0 Å². The van der Waals surface area contributed by atoms with Crippen molar-refractivity contribution in [3.8, 4) is 0 Å². The molecule has 0 radical (unpaired) electrons. The molecule has 5 heteroatoms. The number of benzene rings is 2. The number of nitrogens with one attached hydrogen (secondary N) is 2. The van der Waals surface area contributed by atoms with Gasteiger partial charge in [-0.1, -0.05) is 23.8 Å². The molecule has 0 aliphatic heterocycles. The summed E-state index contributed by atoms with van der Waals surface area (Å²) in [4.78, 5) is 23.5. The minimum Gasteiger partial charge on any atom is -0.366 e. The number of hydrogen-bond donors (Lipinski definition) is 3. The summed E-state index contributed by atoms with van der Waals surface area (Å²) in [7, 11) is 0. The van der Waals surface area contributed by atoms with E-state index >= 15 is 0 Å². The van der Waals surface area contributed by atoms with Crippen LogP contribution in [0.4, 0.5) is 5.69 Å². The summed E-state index contributed by atoms with van der Waals surface area (Å²) in [5, 5.41) is 6.16. The summed E-state index contributed by atoms with van der Waals surface area (Å²) < 4.78 is 0. The van der Waals surface area contributed by atoms with Crippen LogP contribution >= 0.6 is 0 Å². The highest BCUT2D eigenvalue weighted by atomic mass is 16.2. The molecule has 0 fully saturated rings. The molecule has 25 heavy (non-hydrogen) atoms. The lowest BCUT2D eigenvalue weighted by Crippen LogP contribution is -2.39. The van der Waals surface area contributed by atoms with Crippen LogP contribution in [0.25, 0.3) is 0 Å². The Bertz CT molecular complexity index is 769. The first-order valence-electron chi connectivity index (χ1n) is 8.32. The maximum atomic E-state index is 12.4. The van der Waals surface area contributed by atoms with Gasteiger partial charge in [-0.3, -0.25) is 14.9 Å². The molecule has 2 amide bonds. The van der Waals surface area contributed by atoms with E-state index in [1.165, 1.54) is 16.7 Å². The molecule has 0 saturated carbocycles. The van der Waals surface area contributed by atoms with Crippen molar-refractivity contribution in [2.24, 2.45) is 5.73 Å². The number of carbonyl (C=O) groups is 2. The fourth-order valence-electron chi connectivity index (χ4n) is 2.74. The summed E-state index contributed by atoms with van der Waals surface area (Å²) in [5.41, 5.74) is 9.82. The van der Waals surface area contributed by atoms with Crippen molar-refractivity contribution in [1.82, 2.24) is 5.32 Å². The highest BCUT2D eigenvalue weighted by Crippen LogP contribution is 2.19. The van der Waals surface area contributed by atoms with Crippen LogP contribution in [0.2, 0.25) is 0 Å². The summed E-state index contributed by atoms with van der Waals surface area (Å²) in [6.45, 7) is 8.00. The van der Waals surface area contributed by atoms with Crippen molar-refractivity contribution in [2.45, 2.75) is 39.8 Å². The number of primary amides is 1. The molecule has 0 unspecified atom stereocenters. The summed E-state index contributed by atoms with van der Waals surface area (Å²) in [6, 6.07) is 12.5. The Morgan fingerprint density at radius 2 is 1.64 bits per heavy atom. The smallest absolute Gasteiger partial charge is 0.248 e. The third kappa shape index (κ3) is 4.90. The fourth-order valence-corrected chi connectivity index (χ4v) is 2.74. The van der Waals surface area contributed by atoms with Gasteiger partial charge in [0, 0.05) is 17.3 Å². The molecule has 4 N–H and O–H groups in total. The van der Waals surface area contributed by atoms with Crippen LogP contribution in [-0.4, -0.2) is 17.9 Å². The normalized spacial score (nSPS) is 13.1. The van der Waals surface area contributed by atoms with E-state index in [2.05, 4.69) is 42.7 Å². The summed E-state index contributed by atoms with van der Waals surface area (Å²) in [5.74, 6) is -0.626. The molecule has 0 aromatic heterocycles. The number of anilines is 1. The average Bonchev–Trinajstić information content (AvgIpc) is 2.57. The topological polar surface area (TPSA) is 84.2 Å². The van der Waals surface area contributed by atoms with E-state index in [4.69, 9.17) is 5.73 Å². The van der Waals surface area contributed by atoms with E-state index in [-0.39, 0.29) is 18.0 Å². The number of amides is 2. The molecule has 0 heterocycles. The first-order valence-corrected chi connectivity index (χ1v) is 8.32. The molecule has 2 aromatic carbocycles. The summed E-state index contributed by atoms with van der Waals surface area (Å²) in [6.07, 6.45) is 0. The lowest BCUT2D eigenvalue weighted by atomic mass is 9.99. The van der Waals surface area contributed by atoms with E-state index in [9.17, 15) is 9.59 Å². The molecular formula is C20H25N3O2. The summed E-state index contributed by atoms with van der Waals surface area (Å²) >= 11 is 0. The van der Waals surface area contributed by atoms with Gasteiger partial charge in [-0.05, 0) is 63.1 Å². The molecule has 0 aliphatic carbocycles. The zero-order valence-electron chi connectivity index (χ0n) is 15.1. The molecule has 2 rings (SSSR count). The van der Waals surface area contributed by atoms with Crippen molar-refractivity contribution in [2.75, 3.05) is 5.32 Å². The number of hydrogen-bond acceptors (Lipinski definition) is 3. The SMILES string of the molecule is Cc1ccc(C)c([C@@H](C)N[C@@H](C)C(=O)Nc2ccc(C(N)=O)cc2)c1.